The quantitative estimate of drug-likeness (QED) is 0.424. The second kappa shape index (κ2) is 7.14. The highest BCUT2D eigenvalue weighted by Gasteiger charge is 2.36. The molecule has 6 heteroatoms. The molecule has 0 aliphatic heterocycles. The largest absolute Gasteiger partial charge is 0.417 e. The predicted molar refractivity (Wildman–Crippen MR) is 83.3 cm³/mol. The maximum absolute atomic E-state index is 9.55. The van der Waals surface area contributed by atoms with Crippen LogP contribution in [0.15, 0.2) is 0 Å². The van der Waals surface area contributed by atoms with Gasteiger partial charge in [-0.2, -0.15) is 0 Å². The number of hydrogen-bond acceptors (Lipinski definition) is 2. The van der Waals surface area contributed by atoms with Gasteiger partial charge in [0.05, 0.1) is 0 Å². The van der Waals surface area contributed by atoms with Gasteiger partial charge in [-0.15, -0.1) is 0 Å². The van der Waals surface area contributed by atoms with E-state index in [-0.39, 0.29) is 5.04 Å². The van der Waals surface area contributed by atoms with Gasteiger partial charge < -0.3 is 9.53 Å². The summed E-state index contributed by atoms with van der Waals surface area (Å²) >= 11 is 16.8. The van der Waals surface area contributed by atoms with Crippen LogP contribution >= 0.6 is 34.8 Å². The van der Waals surface area contributed by atoms with Gasteiger partial charge in [0.2, 0.25) is 3.79 Å². The van der Waals surface area contributed by atoms with Crippen LogP contribution in [-0.2, 0) is 4.43 Å². The molecule has 0 fully saturated rings. The molecule has 0 unspecified atom stereocenters. The lowest BCUT2D eigenvalue weighted by Crippen LogP contribution is -2.41. The van der Waals surface area contributed by atoms with Crippen molar-refractivity contribution in [3.05, 3.63) is 0 Å². The fourth-order valence-electron chi connectivity index (χ4n) is 1.15. The molecule has 0 aromatic rings. The number of aliphatic hydroxyl groups excluding tert-OH is 1. The van der Waals surface area contributed by atoms with Crippen LogP contribution in [0.4, 0.5) is 0 Å². The Morgan fingerprint density at radius 3 is 2.00 bits per heavy atom. The minimum atomic E-state index is -1.66. The molecule has 1 atom stereocenters. The summed E-state index contributed by atoms with van der Waals surface area (Å²) in [6, 6.07) is 0. The molecule has 1 N–H and O–H groups in total. The number of rotatable bonds is 6. The van der Waals surface area contributed by atoms with Crippen LogP contribution < -0.4 is 0 Å². The molecule has 0 saturated carbocycles. The monoisotopic (exact) mass is 334 g/mol. The van der Waals surface area contributed by atoms with Crippen LogP contribution in [0.2, 0.25) is 18.1 Å². The lowest BCUT2D eigenvalue weighted by molar-refractivity contribution is 0.161. The molecule has 0 saturated heterocycles. The minimum absolute atomic E-state index is 0.226. The van der Waals surface area contributed by atoms with Crippen LogP contribution in [0.3, 0.4) is 0 Å². The van der Waals surface area contributed by atoms with E-state index >= 15 is 0 Å². The normalized spacial score (nSPS) is 15.8. The van der Waals surface area contributed by atoms with Crippen molar-refractivity contribution >= 4 is 43.1 Å². The predicted octanol–water partition coefficient (Wildman–Crippen LogP) is 4.91. The van der Waals surface area contributed by atoms with Gasteiger partial charge in [-0.25, -0.2) is 0 Å². The van der Waals surface area contributed by atoms with Gasteiger partial charge in [0, 0.05) is 6.61 Å². The van der Waals surface area contributed by atoms with Crippen molar-refractivity contribution in [3.63, 3.8) is 0 Å². The Bertz CT molecular complexity index is 247. The number of alkyl halides is 3. The summed E-state index contributed by atoms with van der Waals surface area (Å²) in [7, 11) is -1.66. The van der Waals surface area contributed by atoms with Crippen LogP contribution in [0.5, 0.6) is 0 Å². The highest BCUT2D eigenvalue weighted by molar-refractivity contribution is 6.74. The molecule has 0 aliphatic carbocycles. The average molecular weight is 336 g/mol. The highest BCUT2D eigenvalue weighted by Crippen LogP contribution is 2.36. The molecule has 110 valence electrons. The summed E-state index contributed by atoms with van der Waals surface area (Å²) in [5.74, 6) is 0. The lowest BCUT2D eigenvalue weighted by Gasteiger charge is -2.36. The van der Waals surface area contributed by atoms with Gasteiger partial charge in [0.15, 0.2) is 8.32 Å². The Morgan fingerprint density at radius 1 is 1.11 bits per heavy atom. The second-order valence-electron chi connectivity index (χ2n) is 6.16. The summed E-state index contributed by atoms with van der Waals surface area (Å²) < 4.78 is 4.44. The van der Waals surface area contributed by atoms with E-state index < -0.39 is 18.2 Å². The third-order valence-corrected chi connectivity index (χ3v) is 8.81. The molecule has 0 amide bonds. The van der Waals surface area contributed by atoms with E-state index in [1.54, 1.807) is 0 Å². The molecule has 0 aliphatic rings. The molecule has 0 aromatic carbocycles. The summed E-state index contributed by atoms with van der Waals surface area (Å²) in [5.41, 5.74) is 0. The standard InChI is InChI=1S/C12H25Cl3O2Si/c1-11(2,3)18(4,5)17-9-7-6-8-10(16)12(13,14)15/h10,16H,6-9H2,1-5H3/t10-/m1/s1. The molecule has 0 radical (unpaired) electrons. The highest BCUT2D eigenvalue weighted by atomic mass is 35.6. The first-order valence-corrected chi connectivity index (χ1v) is 10.3. The molecule has 0 bridgehead atoms. The van der Waals surface area contributed by atoms with E-state index in [9.17, 15) is 5.11 Å². The number of halogens is 3. The van der Waals surface area contributed by atoms with Crippen LogP contribution in [-0.4, -0.2) is 29.9 Å². The first kappa shape index (κ1) is 19.0. The molecule has 0 heterocycles. The van der Waals surface area contributed by atoms with E-state index in [1.807, 2.05) is 0 Å². The molecule has 0 rings (SSSR count). The van der Waals surface area contributed by atoms with Gasteiger partial charge in [0.1, 0.15) is 6.10 Å². The van der Waals surface area contributed by atoms with Crippen LogP contribution in [0, 0.1) is 0 Å². The third kappa shape index (κ3) is 6.97. The van der Waals surface area contributed by atoms with E-state index in [2.05, 4.69) is 33.9 Å². The summed E-state index contributed by atoms with van der Waals surface area (Å²) in [5, 5.41) is 9.77. The molecular weight excluding hydrogens is 311 g/mol. The first-order valence-electron chi connectivity index (χ1n) is 6.26. The van der Waals surface area contributed by atoms with Crippen LogP contribution in [0.25, 0.3) is 0 Å². The van der Waals surface area contributed by atoms with E-state index in [4.69, 9.17) is 39.2 Å². The SMILES string of the molecule is CC(C)(C)[Si](C)(C)OCCCC[C@@H](O)C(Cl)(Cl)Cl. The van der Waals surface area contributed by atoms with E-state index in [0.29, 0.717) is 13.0 Å². The van der Waals surface area contributed by atoms with Gasteiger partial charge in [-0.1, -0.05) is 55.6 Å². The van der Waals surface area contributed by atoms with Crippen LogP contribution in [0.1, 0.15) is 40.0 Å². The Hall–Kier alpha value is 1.01. The van der Waals surface area contributed by atoms with Crippen molar-refractivity contribution in [1.82, 2.24) is 0 Å². The van der Waals surface area contributed by atoms with Crippen molar-refractivity contribution in [3.8, 4) is 0 Å². The van der Waals surface area contributed by atoms with E-state index in [0.717, 1.165) is 12.8 Å². The third-order valence-electron chi connectivity index (χ3n) is 3.52. The van der Waals surface area contributed by atoms with Gasteiger partial charge >= 0.3 is 0 Å². The van der Waals surface area contributed by atoms with E-state index in [1.165, 1.54) is 0 Å². The zero-order valence-electron chi connectivity index (χ0n) is 11.9. The van der Waals surface area contributed by atoms with Crippen molar-refractivity contribution in [2.24, 2.45) is 0 Å². The zero-order chi connectivity index (χ0) is 14.6. The molecule has 0 spiro atoms. The smallest absolute Gasteiger partial charge is 0.216 e. The Kier molecular flexibility index (Phi) is 7.54. The fourth-order valence-corrected chi connectivity index (χ4v) is 2.56. The van der Waals surface area contributed by atoms with Gasteiger partial charge in [0.25, 0.3) is 0 Å². The van der Waals surface area contributed by atoms with Crippen molar-refractivity contribution in [1.29, 1.82) is 0 Å². The minimum Gasteiger partial charge on any atom is -0.417 e. The topological polar surface area (TPSA) is 29.5 Å². The Labute approximate surface area is 127 Å². The lowest BCUT2D eigenvalue weighted by atomic mass is 10.2. The molecule has 0 aromatic heterocycles. The van der Waals surface area contributed by atoms with Crippen molar-refractivity contribution in [2.45, 2.75) is 68.1 Å². The van der Waals surface area contributed by atoms with Crippen molar-refractivity contribution in [2.75, 3.05) is 6.61 Å². The second-order valence-corrected chi connectivity index (χ2v) is 13.3. The molecular formula is C12H25Cl3O2Si. The Morgan fingerprint density at radius 2 is 1.61 bits per heavy atom. The van der Waals surface area contributed by atoms with Gasteiger partial charge in [-0.05, 0) is 37.4 Å². The summed E-state index contributed by atoms with van der Waals surface area (Å²) in [6.07, 6.45) is 1.25. The average Bonchev–Trinajstić information content (AvgIpc) is 2.13. The maximum Gasteiger partial charge on any atom is 0.216 e. The number of hydrogen-bond donors (Lipinski definition) is 1. The molecule has 18 heavy (non-hydrogen) atoms. The van der Waals surface area contributed by atoms with Gasteiger partial charge in [-0.3, -0.25) is 0 Å². The maximum atomic E-state index is 9.55. The molecule has 2 nitrogen and oxygen atoms in total. The zero-order valence-corrected chi connectivity index (χ0v) is 15.2. The summed E-state index contributed by atoms with van der Waals surface area (Å²) in [6.45, 7) is 11.8. The summed E-state index contributed by atoms with van der Waals surface area (Å²) in [4.78, 5) is 0. The van der Waals surface area contributed by atoms with Crippen molar-refractivity contribution < 1.29 is 9.53 Å². The fraction of sp³-hybridized carbons (Fsp3) is 1.00. The Balaban J connectivity index is 3.83. The number of unbranched alkanes of at least 4 members (excludes halogenated alkanes) is 1. The number of aliphatic hydroxyl groups is 1. The first-order chi connectivity index (χ1) is 7.88.